The van der Waals surface area contributed by atoms with E-state index in [2.05, 4.69) is 90.0 Å². The highest BCUT2D eigenvalue weighted by atomic mass is 14.3. The first kappa shape index (κ1) is 24.3. The Morgan fingerprint density at radius 2 is 0.864 bits per heavy atom. The van der Waals surface area contributed by atoms with E-state index in [1.54, 1.807) is 0 Å². The Hall–Kier alpha value is 0. The zero-order valence-electron chi connectivity index (χ0n) is 18.4. The van der Waals surface area contributed by atoms with E-state index in [4.69, 9.17) is 0 Å². The van der Waals surface area contributed by atoms with Crippen molar-refractivity contribution in [2.75, 3.05) is 0 Å². The lowest BCUT2D eigenvalue weighted by molar-refractivity contribution is 0.182. The van der Waals surface area contributed by atoms with E-state index in [9.17, 15) is 0 Å². The van der Waals surface area contributed by atoms with Gasteiger partial charge in [0.05, 0.1) is 0 Å². The molecule has 0 fully saturated rings. The maximum atomic E-state index is 2.35. The number of hydrogen-bond donors (Lipinski definition) is 0. The third-order valence-corrected chi connectivity index (χ3v) is 4.25. The van der Waals surface area contributed by atoms with E-state index in [0.29, 0.717) is 21.7 Å². The molecular weight excluding hydrogens is 264 g/mol. The summed E-state index contributed by atoms with van der Waals surface area (Å²) >= 11 is 0. The van der Waals surface area contributed by atoms with Gasteiger partial charge in [0.2, 0.25) is 0 Å². The minimum absolute atomic E-state index is 0.466. The Balaban J connectivity index is 0. The van der Waals surface area contributed by atoms with Gasteiger partial charge in [0.1, 0.15) is 0 Å². The van der Waals surface area contributed by atoms with Crippen LogP contribution in [0.15, 0.2) is 0 Å². The molecule has 1 atom stereocenters. The molecule has 0 heterocycles. The summed E-state index contributed by atoms with van der Waals surface area (Å²) in [5.41, 5.74) is 1.98. The highest BCUT2D eigenvalue weighted by molar-refractivity contribution is 4.75. The van der Waals surface area contributed by atoms with Crippen LogP contribution in [0.3, 0.4) is 0 Å². The van der Waals surface area contributed by atoms with Gasteiger partial charge in [-0.15, -0.1) is 0 Å². The lowest BCUT2D eigenvalue weighted by Crippen LogP contribution is -2.22. The Labute approximate surface area is 143 Å². The Morgan fingerprint density at radius 1 is 0.545 bits per heavy atom. The number of hydrogen-bond acceptors (Lipinski definition) is 0. The monoisotopic (exact) mass is 312 g/mol. The molecule has 0 nitrogen and oxygen atoms in total. The van der Waals surface area contributed by atoms with Crippen molar-refractivity contribution < 1.29 is 0 Å². The van der Waals surface area contributed by atoms with Crippen LogP contribution in [0, 0.1) is 27.6 Å². The van der Waals surface area contributed by atoms with Crippen LogP contribution in [0.5, 0.6) is 0 Å². The summed E-state index contributed by atoms with van der Waals surface area (Å²) in [6.45, 7) is 30.2. The molecule has 0 saturated heterocycles. The first-order valence-electron chi connectivity index (χ1n) is 9.33. The van der Waals surface area contributed by atoms with Gasteiger partial charge in [0, 0.05) is 0 Å². The molecule has 0 rings (SSSR count). The van der Waals surface area contributed by atoms with E-state index < -0.39 is 0 Å². The molecule has 1 unspecified atom stereocenters. The zero-order valence-corrected chi connectivity index (χ0v) is 18.4. The van der Waals surface area contributed by atoms with Gasteiger partial charge in [-0.05, 0) is 46.8 Å². The van der Waals surface area contributed by atoms with Crippen molar-refractivity contribution in [1.29, 1.82) is 0 Å². The molecule has 0 amide bonds. The molecular formula is C22H48. The van der Waals surface area contributed by atoms with Crippen molar-refractivity contribution >= 4 is 0 Å². The van der Waals surface area contributed by atoms with Crippen LogP contribution >= 0.6 is 0 Å². The van der Waals surface area contributed by atoms with Crippen LogP contribution < -0.4 is 0 Å². The molecule has 0 heteroatoms. The van der Waals surface area contributed by atoms with Gasteiger partial charge in [-0.2, -0.15) is 0 Å². The van der Waals surface area contributed by atoms with Gasteiger partial charge in [-0.25, -0.2) is 0 Å². The van der Waals surface area contributed by atoms with Gasteiger partial charge in [0.25, 0.3) is 0 Å². The Morgan fingerprint density at radius 3 is 1.00 bits per heavy atom. The van der Waals surface area contributed by atoms with E-state index >= 15 is 0 Å². The predicted octanol–water partition coefficient (Wildman–Crippen LogP) is 8.35. The lowest BCUT2D eigenvalue weighted by Gasteiger charge is -2.32. The van der Waals surface area contributed by atoms with Crippen molar-refractivity contribution in [1.82, 2.24) is 0 Å². The topological polar surface area (TPSA) is 0 Å². The van der Waals surface area contributed by atoms with E-state index in [-0.39, 0.29) is 0 Å². The van der Waals surface area contributed by atoms with Crippen molar-refractivity contribution in [2.24, 2.45) is 27.6 Å². The smallest absolute Gasteiger partial charge is 0.0357 e. The van der Waals surface area contributed by atoms with Crippen LogP contribution in [0.25, 0.3) is 0 Å². The molecule has 0 aliphatic rings. The predicted molar refractivity (Wildman–Crippen MR) is 105 cm³/mol. The molecule has 0 aromatic heterocycles. The summed E-state index contributed by atoms with van der Waals surface area (Å²) in [7, 11) is 0. The van der Waals surface area contributed by atoms with Crippen LogP contribution in [0.1, 0.15) is 116 Å². The molecule has 22 heavy (non-hydrogen) atoms. The van der Waals surface area contributed by atoms with Crippen molar-refractivity contribution in [3.63, 3.8) is 0 Å². The lowest BCUT2D eigenvalue weighted by atomic mass is 9.73. The summed E-state index contributed by atoms with van der Waals surface area (Å²) in [5.74, 6) is 0.808. The molecule has 0 aliphatic heterocycles. The average Bonchev–Trinajstić information content (AvgIpc) is 2.09. The van der Waals surface area contributed by atoms with Gasteiger partial charge in [-0.3, -0.25) is 0 Å². The Bertz CT molecular complexity index is 255. The molecule has 136 valence electrons. The highest BCUT2D eigenvalue weighted by Gasteiger charge is 2.24. The largest absolute Gasteiger partial charge is 0.0620 e. The van der Waals surface area contributed by atoms with Crippen LogP contribution in [-0.2, 0) is 0 Å². The fourth-order valence-corrected chi connectivity index (χ4v) is 2.37. The second-order valence-electron chi connectivity index (χ2n) is 12.0. The molecule has 0 aliphatic carbocycles. The maximum Gasteiger partial charge on any atom is -0.0357 e. The van der Waals surface area contributed by atoms with E-state index in [1.165, 1.54) is 25.7 Å². The summed E-state index contributed by atoms with van der Waals surface area (Å²) < 4.78 is 0. The summed E-state index contributed by atoms with van der Waals surface area (Å²) in [5, 5.41) is 0. The molecule has 0 radical (unpaired) electrons. The molecule has 0 N–H and O–H groups in total. The maximum absolute atomic E-state index is 2.35. The SMILES string of the molecule is CC(C)(C)CCCC(C)(C)C.CC(CC(C)(C)C)C(C)(C)C. The third kappa shape index (κ3) is 20.0. The van der Waals surface area contributed by atoms with Gasteiger partial charge in [-0.1, -0.05) is 96.4 Å². The van der Waals surface area contributed by atoms with Gasteiger partial charge >= 0.3 is 0 Å². The fraction of sp³-hybridized carbons (Fsp3) is 1.00. The van der Waals surface area contributed by atoms with Crippen LogP contribution in [-0.4, -0.2) is 0 Å². The van der Waals surface area contributed by atoms with Gasteiger partial charge < -0.3 is 0 Å². The second kappa shape index (κ2) is 8.74. The second-order valence-corrected chi connectivity index (χ2v) is 12.0. The minimum Gasteiger partial charge on any atom is -0.0620 e. The zero-order chi connectivity index (χ0) is 18.4. The average molecular weight is 313 g/mol. The highest BCUT2D eigenvalue weighted by Crippen LogP contribution is 2.35. The Kier molecular flexibility index (Phi) is 9.64. The summed E-state index contributed by atoms with van der Waals surface area (Å²) in [6, 6.07) is 0. The van der Waals surface area contributed by atoms with Gasteiger partial charge in [0.15, 0.2) is 0 Å². The first-order chi connectivity index (χ1) is 9.33. The molecule has 0 aromatic carbocycles. The van der Waals surface area contributed by atoms with Crippen LogP contribution in [0.2, 0.25) is 0 Å². The molecule has 0 aromatic rings. The number of rotatable bonds is 3. The minimum atomic E-state index is 0.466. The quantitative estimate of drug-likeness (QED) is 0.491. The molecule has 0 saturated carbocycles. The summed E-state index contributed by atoms with van der Waals surface area (Å²) in [4.78, 5) is 0. The summed E-state index contributed by atoms with van der Waals surface area (Å²) in [6.07, 6.45) is 5.39. The fourth-order valence-electron chi connectivity index (χ4n) is 2.37. The van der Waals surface area contributed by atoms with Crippen molar-refractivity contribution in [3.8, 4) is 0 Å². The van der Waals surface area contributed by atoms with Crippen LogP contribution in [0.4, 0.5) is 0 Å². The van der Waals surface area contributed by atoms with E-state index in [1.807, 2.05) is 0 Å². The molecule has 0 spiro atoms. The third-order valence-electron chi connectivity index (χ3n) is 4.25. The first-order valence-corrected chi connectivity index (χ1v) is 9.33. The van der Waals surface area contributed by atoms with Crippen molar-refractivity contribution in [2.45, 2.75) is 116 Å². The standard InChI is InChI=1S/2C11H24/c1-9(11(5,6)7)8-10(2,3)4;1-10(2,3)8-7-9-11(4,5)6/h9H,8H2,1-7H3;7-9H2,1-6H3. The van der Waals surface area contributed by atoms with Crippen molar-refractivity contribution in [3.05, 3.63) is 0 Å². The molecule has 0 bridgehead atoms. The van der Waals surface area contributed by atoms with E-state index in [0.717, 1.165) is 5.92 Å². The normalized spacial score (nSPS) is 15.1.